The van der Waals surface area contributed by atoms with E-state index in [9.17, 15) is 14.7 Å². The summed E-state index contributed by atoms with van der Waals surface area (Å²) < 4.78 is 10.2. The SMILES string of the molecule is CCSCC[C@@H](N)C(O)C(=O)NNC(=O)c1ccc(OC)c(OC)c1. The van der Waals surface area contributed by atoms with Gasteiger partial charge in [-0.2, -0.15) is 11.8 Å². The normalized spacial score (nSPS) is 12.8. The molecule has 1 aromatic rings. The molecule has 0 saturated heterocycles. The molecule has 8 nitrogen and oxygen atoms in total. The lowest BCUT2D eigenvalue weighted by Gasteiger charge is -2.18. The van der Waals surface area contributed by atoms with Gasteiger partial charge in [0.2, 0.25) is 0 Å². The Hall–Kier alpha value is -1.97. The second-order valence-corrected chi connectivity index (χ2v) is 6.50. The van der Waals surface area contributed by atoms with Gasteiger partial charge in [-0.25, -0.2) is 0 Å². The molecule has 1 aromatic carbocycles. The number of thioether (sulfide) groups is 1. The smallest absolute Gasteiger partial charge is 0.269 e. The van der Waals surface area contributed by atoms with Crippen molar-refractivity contribution in [1.82, 2.24) is 10.9 Å². The molecule has 0 spiro atoms. The molecule has 0 aromatic heterocycles. The fourth-order valence-corrected chi connectivity index (χ4v) is 2.69. The molecule has 9 heteroatoms. The maximum absolute atomic E-state index is 12.1. The number of amides is 2. The van der Waals surface area contributed by atoms with Crippen molar-refractivity contribution in [1.29, 1.82) is 0 Å². The topological polar surface area (TPSA) is 123 Å². The molecule has 0 fully saturated rings. The number of ether oxygens (including phenoxy) is 2. The van der Waals surface area contributed by atoms with Gasteiger partial charge >= 0.3 is 0 Å². The highest BCUT2D eigenvalue weighted by molar-refractivity contribution is 7.99. The van der Waals surface area contributed by atoms with Gasteiger partial charge in [0.25, 0.3) is 11.8 Å². The molecule has 25 heavy (non-hydrogen) atoms. The van der Waals surface area contributed by atoms with Crippen LogP contribution in [0, 0.1) is 0 Å². The van der Waals surface area contributed by atoms with Crippen LogP contribution in [-0.2, 0) is 4.79 Å². The second-order valence-electron chi connectivity index (χ2n) is 5.11. The number of aliphatic hydroxyl groups excluding tert-OH is 1. The Morgan fingerprint density at radius 3 is 2.52 bits per heavy atom. The van der Waals surface area contributed by atoms with Gasteiger partial charge in [0, 0.05) is 11.6 Å². The first kappa shape index (κ1) is 21.1. The lowest BCUT2D eigenvalue weighted by Crippen LogP contribution is -2.52. The summed E-state index contributed by atoms with van der Waals surface area (Å²) in [5.74, 6) is 1.24. The molecule has 5 N–H and O–H groups in total. The van der Waals surface area contributed by atoms with Crippen molar-refractivity contribution in [2.75, 3.05) is 25.7 Å². The first-order chi connectivity index (χ1) is 11.9. The number of hydrogen-bond donors (Lipinski definition) is 4. The minimum absolute atomic E-state index is 0.260. The molecule has 0 aliphatic carbocycles. The number of hydrazine groups is 1. The van der Waals surface area contributed by atoms with Crippen LogP contribution in [0.3, 0.4) is 0 Å². The Morgan fingerprint density at radius 2 is 1.92 bits per heavy atom. The summed E-state index contributed by atoms with van der Waals surface area (Å²) in [5.41, 5.74) is 10.4. The predicted molar refractivity (Wildman–Crippen MR) is 96.8 cm³/mol. The first-order valence-electron chi connectivity index (χ1n) is 7.78. The van der Waals surface area contributed by atoms with Crippen molar-refractivity contribution < 1.29 is 24.2 Å². The molecule has 0 saturated carbocycles. The van der Waals surface area contributed by atoms with E-state index in [1.807, 2.05) is 6.92 Å². The van der Waals surface area contributed by atoms with Crippen molar-refractivity contribution in [3.05, 3.63) is 23.8 Å². The maximum atomic E-state index is 12.1. The van der Waals surface area contributed by atoms with Gasteiger partial charge in [-0.3, -0.25) is 20.4 Å². The monoisotopic (exact) mass is 371 g/mol. The average Bonchev–Trinajstić information content (AvgIpc) is 2.64. The van der Waals surface area contributed by atoms with Gasteiger partial charge in [0.15, 0.2) is 11.5 Å². The molecule has 0 radical (unpaired) electrons. The zero-order chi connectivity index (χ0) is 18.8. The molecular formula is C16H25N3O5S. The third kappa shape index (κ3) is 6.45. The van der Waals surface area contributed by atoms with E-state index in [1.165, 1.54) is 26.4 Å². The number of nitrogens with two attached hydrogens (primary N) is 1. The van der Waals surface area contributed by atoms with Crippen molar-refractivity contribution in [2.45, 2.75) is 25.5 Å². The van der Waals surface area contributed by atoms with Crippen LogP contribution in [-0.4, -0.2) is 54.8 Å². The fourth-order valence-electron chi connectivity index (χ4n) is 1.96. The number of benzene rings is 1. The number of hydrogen-bond acceptors (Lipinski definition) is 7. The molecule has 1 unspecified atom stereocenters. The molecule has 0 heterocycles. The summed E-state index contributed by atoms with van der Waals surface area (Å²) in [6.45, 7) is 2.02. The number of carbonyl (C=O) groups is 2. The van der Waals surface area contributed by atoms with E-state index in [2.05, 4.69) is 10.9 Å². The second kappa shape index (κ2) is 10.8. The summed E-state index contributed by atoms with van der Waals surface area (Å²) in [6, 6.07) is 3.88. The summed E-state index contributed by atoms with van der Waals surface area (Å²) in [7, 11) is 2.94. The van der Waals surface area contributed by atoms with Crippen LogP contribution in [0.2, 0.25) is 0 Å². The van der Waals surface area contributed by atoms with Crippen LogP contribution in [0.15, 0.2) is 18.2 Å². The zero-order valence-corrected chi connectivity index (χ0v) is 15.4. The third-order valence-electron chi connectivity index (χ3n) is 3.42. The number of methoxy groups -OCH3 is 2. The Morgan fingerprint density at radius 1 is 1.24 bits per heavy atom. The fraction of sp³-hybridized carbons (Fsp3) is 0.500. The lowest BCUT2D eigenvalue weighted by molar-refractivity contribution is -0.131. The number of aliphatic hydroxyl groups is 1. The molecule has 0 aliphatic rings. The van der Waals surface area contributed by atoms with Crippen LogP contribution in [0.1, 0.15) is 23.7 Å². The van der Waals surface area contributed by atoms with E-state index in [-0.39, 0.29) is 5.56 Å². The molecule has 1 rings (SSSR count). The molecule has 2 atom stereocenters. The molecule has 0 aliphatic heterocycles. The minimum Gasteiger partial charge on any atom is -0.493 e. The number of rotatable bonds is 9. The zero-order valence-electron chi connectivity index (χ0n) is 14.6. The summed E-state index contributed by atoms with van der Waals surface area (Å²) in [6.07, 6.45) is -0.903. The van der Waals surface area contributed by atoms with E-state index in [0.717, 1.165) is 11.5 Å². The van der Waals surface area contributed by atoms with Gasteiger partial charge < -0.3 is 20.3 Å². The molecule has 0 bridgehead atoms. The van der Waals surface area contributed by atoms with E-state index in [4.69, 9.17) is 15.2 Å². The molecule has 2 amide bonds. The van der Waals surface area contributed by atoms with Gasteiger partial charge in [-0.15, -0.1) is 0 Å². The minimum atomic E-state index is -1.40. The van der Waals surface area contributed by atoms with E-state index in [1.54, 1.807) is 17.8 Å². The van der Waals surface area contributed by atoms with E-state index >= 15 is 0 Å². The number of carbonyl (C=O) groups excluding carboxylic acids is 2. The summed E-state index contributed by atoms with van der Waals surface area (Å²) in [5, 5.41) is 9.89. The first-order valence-corrected chi connectivity index (χ1v) is 8.93. The van der Waals surface area contributed by atoms with Crippen molar-refractivity contribution in [3.8, 4) is 11.5 Å². The largest absolute Gasteiger partial charge is 0.493 e. The lowest BCUT2D eigenvalue weighted by atomic mass is 10.1. The highest BCUT2D eigenvalue weighted by Crippen LogP contribution is 2.27. The highest BCUT2D eigenvalue weighted by Gasteiger charge is 2.23. The van der Waals surface area contributed by atoms with Crippen LogP contribution in [0.4, 0.5) is 0 Å². The number of nitrogens with one attached hydrogen (secondary N) is 2. The summed E-state index contributed by atoms with van der Waals surface area (Å²) in [4.78, 5) is 24.0. The Kier molecular flexibility index (Phi) is 9.11. The van der Waals surface area contributed by atoms with Gasteiger partial charge in [-0.1, -0.05) is 6.92 Å². The predicted octanol–water partition coefficient (Wildman–Crippen LogP) is 0.296. The Balaban J connectivity index is 2.56. The van der Waals surface area contributed by atoms with E-state index < -0.39 is 24.0 Å². The quantitative estimate of drug-likeness (QED) is 0.363. The van der Waals surface area contributed by atoms with Gasteiger partial charge in [0.1, 0.15) is 6.10 Å². The summed E-state index contributed by atoms with van der Waals surface area (Å²) >= 11 is 1.67. The van der Waals surface area contributed by atoms with Crippen molar-refractivity contribution >= 4 is 23.6 Å². The van der Waals surface area contributed by atoms with Gasteiger partial charge in [0.05, 0.1) is 14.2 Å². The standard InChI is InChI=1S/C16H25N3O5S/c1-4-25-8-7-11(17)14(20)16(22)19-18-15(21)10-5-6-12(23-2)13(9-10)24-3/h5-6,9,11,14,20H,4,7-8,17H2,1-3H3,(H,18,21)(H,19,22)/t11-,14?/m1/s1. The van der Waals surface area contributed by atoms with E-state index in [0.29, 0.717) is 17.9 Å². The van der Waals surface area contributed by atoms with Crippen molar-refractivity contribution in [3.63, 3.8) is 0 Å². The van der Waals surface area contributed by atoms with Crippen LogP contribution < -0.4 is 26.1 Å². The van der Waals surface area contributed by atoms with Crippen LogP contribution in [0.5, 0.6) is 11.5 Å². The average molecular weight is 371 g/mol. The molecule has 140 valence electrons. The molecular weight excluding hydrogens is 346 g/mol. The maximum Gasteiger partial charge on any atom is 0.269 e. The van der Waals surface area contributed by atoms with Crippen molar-refractivity contribution in [2.24, 2.45) is 5.73 Å². The Bertz CT molecular complexity index is 585. The van der Waals surface area contributed by atoms with Crippen LogP contribution >= 0.6 is 11.8 Å². The highest BCUT2D eigenvalue weighted by atomic mass is 32.2. The van der Waals surface area contributed by atoms with Crippen LogP contribution in [0.25, 0.3) is 0 Å². The third-order valence-corrected chi connectivity index (χ3v) is 4.35. The van der Waals surface area contributed by atoms with Gasteiger partial charge in [-0.05, 0) is 36.1 Å². The Labute approximate surface area is 151 Å².